The highest BCUT2D eigenvalue weighted by molar-refractivity contribution is 5.93. The van der Waals surface area contributed by atoms with Crippen molar-refractivity contribution in [2.45, 2.75) is 26.3 Å². The number of hydrogen-bond acceptors (Lipinski definition) is 3. The first kappa shape index (κ1) is 19.2. The van der Waals surface area contributed by atoms with Crippen molar-refractivity contribution >= 4 is 24.0 Å². The summed E-state index contributed by atoms with van der Waals surface area (Å²) in [6, 6.07) is 9.18. The Hall–Kier alpha value is -2.11. The minimum Gasteiger partial charge on any atom is -0.496 e. The van der Waals surface area contributed by atoms with Crippen LogP contribution in [0.1, 0.15) is 22.3 Å². The molecule has 0 saturated carbocycles. The first-order valence-electron chi connectivity index (χ1n) is 8.03. The van der Waals surface area contributed by atoms with Gasteiger partial charge in [-0.15, -0.1) is 12.4 Å². The minimum atomic E-state index is -0.321. The Balaban J connectivity index is 0.00000225. The molecular formula is C19H22ClFN2O2. The molecule has 1 heterocycles. The van der Waals surface area contributed by atoms with Crippen LogP contribution in [0.4, 0.5) is 10.1 Å². The predicted octanol–water partition coefficient (Wildman–Crippen LogP) is 3.39. The molecule has 0 radical (unpaired) electrons. The molecule has 0 aromatic heterocycles. The van der Waals surface area contributed by atoms with Gasteiger partial charge in [0.15, 0.2) is 0 Å². The SMILES string of the molecule is COc1ccc(C)cc1CC(=O)Nc1ccc2c(c1F)CCNC2.Cl. The Kier molecular flexibility index (Phi) is 6.39. The number of rotatable bonds is 4. The molecule has 2 aromatic rings. The van der Waals surface area contributed by atoms with E-state index in [2.05, 4.69) is 10.6 Å². The zero-order valence-corrected chi connectivity index (χ0v) is 15.1. The number of anilines is 1. The fraction of sp³-hybridized carbons (Fsp3) is 0.316. The van der Waals surface area contributed by atoms with E-state index in [1.165, 1.54) is 0 Å². The first-order valence-corrected chi connectivity index (χ1v) is 8.03. The van der Waals surface area contributed by atoms with E-state index in [-0.39, 0.29) is 36.2 Å². The van der Waals surface area contributed by atoms with Crippen LogP contribution in [0.5, 0.6) is 5.75 Å². The van der Waals surface area contributed by atoms with Gasteiger partial charge in [-0.05, 0) is 43.1 Å². The second kappa shape index (κ2) is 8.32. The van der Waals surface area contributed by atoms with E-state index in [0.717, 1.165) is 23.2 Å². The number of fused-ring (bicyclic) bond motifs is 1. The van der Waals surface area contributed by atoms with Crippen LogP contribution in [-0.2, 0) is 24.2 Å². The summed E-state index contributed by atoms with van der Waals surface area (Å²) in [4.78, 5) is 12.3. The molecule has 2 N–H and O–H groups in total. The number of aryl methyl sites for hydroxylation is 1. The van der Waals surface area contributed by atoms with Crippen molar-refractivity contribution in [2.24, 2.45) is 0 Å². The fourth-order valence-electron chi connectivity index (χ4n) is 3.04. The van der Waals surface area contributed by atoms with Crippen LogP contribution in [-0.4, -0.2) is 19.6 Å². The minimum absolute atomic E-state index is 0. The number of nitrogens with one attached hydrogen (secondary N) is 2. The normalized spacial score (nSPS) is 12.8. The number of benzene rings is 2. The number of hydrogen-bond donors (Lipinski definition) is 2. The van der Waals surface area contributed by atoms with Crippen molar-refractivity contribution in [3.05, 3.63) is 58.4 Å². The number of amides is 1. The molecule has 6 heteroatoms. The molecule has 4 nitrogen and oxygen atoms in total. The maximum absolute atomic E-state index is 14.6. The molecule has 0 unspecified atom stereocenters. The van der Waals surface area contributed by atoms with Crippen LogP contribution >= 0.6 is 12.4 Å². The third kappa shape index (κ3) is 4.30. The monoisotopic (exact) mass is 364 g/mol. The Labute approximate surface area is 153 Å². The van der Waals surface area contributed by atoms with Gasteiger partial charge in [-0.25, -0.2) is 4.39 Å². The Morgan fingerprint density at radius 3 is 2.88 bits per heavy atom. The van der Waals surface area contributed by atoms with E-state index in [0.29, 0.717) is 24.3 Å². The molecule has 25 heavy (non-hydrogen) atoms. The van der Waals surface area contributed by atoms with E-state index in [9.17, 15) is 9.18 Å². The standard InChI is InChI=1S/C19H21FN2O2.ClH/c1-12-3-6-17(24-2)14(9-12)10-18(23)22-16-5-4-13-11-21-8-7-15(13)19(16)20;/h3-6,9,21H,7-8,10-11H2,1-2H3,(H,22,23);1H. The van der Waals surface area contributed by atoms with Gasteiger partial charge < -0.3 is 15.4 Å². The second-order valence-corrected chi connectivity index (χ2v) is 6.03. The zero-order chi connectivity index (χ0) is 17.1. The fourth-order valence-corrected chi connectivity index (χ4v) is 3.04. The summed E-state index contributed by atoms with van der Waals surface area (Å²) in [5, 5.41) is 5.90. The maximum atomic E-state index is 14.6. The van der Waals surface area contributed by atoms with Crippen molar-refractivity contribution in [3.63, 3.8) is 0 Å². The highest BCUT2D eigenvalue weighted by Crippen LogP contribution is 2.25. The van der Waals surface area contributed by atoms with Crippen molar-refractivity contribution < 1.29 is 13.9 Å². The number of carbonyl (C=O) groups is 1. The topological polar surface area (TPSA) is 50.4 Å². The Morgan fingerprint density at radius 1 is 1.32 bits per heavy atom. The van der Waals surface area contributed by atoms with E-state index < -0.39 is 0 Å². The molecule has 1 aliphatic heterocycles. The lowest BCUT2D eigenvalue weighted by Gasteiger charge is -2.19. The summed E-state index contributed by atoms with van der Waals surface area (Å²) >= 11 is 0. The zero-order valence-electron chi connectivity index (χ0n) is 14.3. The summed E-state index contributed by atoms with van der Waals surface area (Å²) < 4.78 is 19.9. The lowest BCUT2D eigenvalue weighted by Crippen LogP contribution is -2.25. The van der Waals surface area contributed by atoms with Gasteiger partial charge in [0.2, 0.25) is 5.91 Å². The van der Waals surface area contributed by atoms with Crippen LogP contribution < -0.4 is 15.4 Å². The highest BCUT2D eigenvalue weighted by Gasteiger charge is 2.18. The molecule has 0 aliphatic carbocycles. The summed E-state index contributed by atoms with van der Waals surface area (Å²) in [5.74, 6) is 0.0815. The van der Waals surface area contributed by atoms with Crippen molar-refractivity contribution in [3.8, 4) is 5.75 Å². The molecule has 1 amide bonds. The molecule has 0 spiro atoms. The Bertz CT molecular complexity index is 780. The van der Waals surface area contributed by atoms with Crippen LogP contribution in [0, 0.1) is 12.7 Å². The summed E-state index contributed by atoms with van der Waals surface area (Å²) in [7, 11) is 1.57. The van der Waals surface area contributed by atoms with Crippen molar-refractivity contribution in [1.82, 2.24) is 5.32 Å². The molecule has 1 aliphatic rings. The third-order valence-corrected chi connectivity index (χ3v) is 4.27. The van der Waals surface area contributed by atoms with Crippen LogP contribution in [0.25, 0.3) is 0 Å². The average Bonchev–Trinajstić information content (AvgIpc) is 2.58. The van der Waals surface area contributed by atoms with Gasteiger partial charge >= 0.3 is 0 Å². The van der Waals surface area contributed by atoms with E-state index in [1.807, 2.05) is 31.2 Å². The Morgan fingerprint density at radius 2 is 2.12 bits per heavy atom. The van der Waals surface area contributed by atoms with Gasteiger partial charge in [0.1, 0.15) is 11.6 Å². The van der Waals surface area contributed by atoms with Crippen molar-refractivity contribution in [1.29, 1.82) is 0 Å². The van der Waals surface area contributed by atoms with Gasteiger partial charge in [-0.1, -0.05) is 23.8 Å². The summed E-state index contributed by atoms with van der Waals surface area (Å²) in [5.41, 5.74) is 3.73. The predicted molar refractivity (Wildman–Crippen MR) is 99.1 cm³/mol. The van der Waals surface area contributed by atoms with Crippen LogP contribution in [0.3, 0.4) is 0 Å². The maximum Gasteiger partial charge on any atom is 0.229 e. The van der Waals surface area contributed by atoms with Crippen molar-refractivity contribution in [2.75, 3.05) is 19.0 Å². The second-order valence-electron chi connectivity index (χ2n) is 6.03. The van der Waals surface area contributed by atoms with Gasteiger partial charge in [0.25, 0.3) is 0 Å². The quantitative estimate of drug-likeness (QED) is 0.874. The largest absolute Gasteiger partial charge is 0.496 e. The third-order valence-electron chi connectivity index (χ3n) is 4.27. The summed E-state index contributed by atoms with van der Waals surface area (Å²) in [6.07, 6.45) is 0.777. The summed E-state index contributed by atoms with van der Waals surface area (Å²) in [6.45, 7) is 3.38. The van der Waals surface area contributed by atoms with E-state index in [1.54, 1.807) is 13.2 Å². The first-order chi connectivity index (χ1) is 11.6. The smallest absolute Gasteiger partial charge is 0.229 e. The molecule has 0 bridgehead atoms. The molecule has 3 rings (SSSR count). The molecule has 0 atom stereocenters. The molecular weight excluding hydrogens is 343 g/mol. The molecule has 0 saturated heterocycles. The molecule has 0 fully saturated rings. The number of ether oxygens (including phenoxy) is 1. The number of halogens is 2. The van der Waals surface area contributed by atoms with Gasteiger partial charge in [0, 0.05) is 12.1 Å². The highest BCUT2D eigenvalue weighted by atomic mass is 35.5. The molecule has 2 aromatic carbocycles. The lowest BCUT2D eigenvalue weighted by molar-refractivity contribution is -0.115. The van der Waals surface area contributed by atoms with Crippen LogP contribution in [0.2, 0.25) is 0 Å². The average molecular weight is 365 g/mol. The van der Waals surface area contributed by atoms with E-state index in [4.69, 9.17) is 4.74 Å². The van der Waals surface area contributed by atoms with Gasteiger partial charge in [-0.3, -0.25) is 4.79 Å². The van der Waals surface area contributed by atoms with E-state index >= 15 is 0 Å². The lowest BCUT2D eigenvalue weighted by atomic mass is 9.99. The number of methoxy groups -OCH3 is 1. The number of carbonyl (C=O) groups excluding carboxylic acids is 1. The molecule has 134 valence electrons. The van der Waals surface area contributed by atoms with Crippen LogP contribution in [0.15, 0.2) is 30.3 Å². The van der Waals surface area contributed by atoms with Gasteiger partial charge in [0.05, 0.1) is 19.2 Å². The van der Waals surface area contributed by atoms with Gasteiger partial charge in [-0.2, -0.15) is 0 Å².